The van der Waals surface area contributed by atoms with Crippen LogP contribution in [-0.2, 0) is 33.4 Å². The summed E-state index contributed by atoms with van der Waals surface area (Å²) >= 11 is 0. The first-order valence-electron chi connectivity index (χ1n) is 11.1. The highest BCUT2D eigenvalue weighted by atomic mass is 32.2. The molecule has 0 aliphatic rings. The number of hydrogen-bond acceptors (Lipinski definition) is 7. The van der Waals surface area contributed by atoms with Gasteiger partial charge in [-0.3, -0.25) is 13.8 Å². The Morgan fingerprint density at radius 2 is 1.28 bits per heavy atom. The summed E-state index contributed by atoms with van der Waals surface area (Å²) in [5.74, 6) is -1.74. The lowest BCUT2D eigenvalue weighted by Gasteiger charge is -2.16. The van der Waals surface area contributed by atoms with E-state index in [-0.39, 0.29) is 19.8 Å². The molecule has 0 saturated heterocycles. The molecule has 0 heterocycles. The molecule has 0 radical (unpaired) electrons. The minimum atomic E-state index is -4.25. The van der Waals surface area contributed by atoms with Gasteiger partial charge in [0.15, 0.2) is 5.25 Å². The highest BCUT2D eigenvalue weighted by molar-refractivity contribution is 7.88. The Kier molecular flexibility index (Phi) is 17.0. The van der Waals surface area contributed by atoms with Crippen molar-refractivity contribution in [3.05, 3.63) is 0 Å². The van der Waals surface area contributed by atoms with E-state index in [4.69, 9.17) is 13.7 Å². The average molecular weight is 437 g/mol. The first-order valence-corrected chi connectivity index (χ1v) is 12.6. The molecule has 0 spiro atoms. The molecule has 0 aliphatic heterocycles. The van der Waals surface area contributed by atoms with Crippen LogP contribution in [0.25, 0.3) is 0 Å². The molecule has 1 atom stereocenters. The molecule has 29 heavy (non-hydrogen) atoms. The van der Waals surface area contributed by atoms with E-state index in [1.54, 1.807) is 13.8 Å². The van der Waals surface area contributed by atoms with Gasteiger partial charge in [-0.25, -0.2) is 0 Å². The molecule has 0 aromatic rings. The van der Waals surface area contributed by atoms with Crippen molar-refractivity contribution in [3.63, 3.8) is 0 Å². The standard InChI is InChI=1S/C21H40O7S/c1-4-7-8-9-10-11-12-13-14-15-17-28-29(24,25)19(18-20(22)26-6-3)21(23)27-16-5-2/h19H,4-18H2,1-3H3. The first-order chi connectivity index (χ1) is 13.9. The lowest BCUT2D eigenvalue weighted by atomic mass is 10.1. The van der Waals surface area contributed by atoms with E-state index in [9.17, 15) is 18.0 Å². The molecule has 0 aromatic heterocycles. The van der Waals surface area contributed by atoms with E-state index in [1.165, 1.54) is 38.5 Å². The van der Waals surface area contributed by atoms with E-state index in [1.807, 2.05) is 0 Å². The SMILES string of the molecule is CCCCCCCCCCCCOS(=O)(=O)C(CC(=O)OCC)C(=O)OCCC. The van der Waals surface area contributed by atoms with E-state index in [0.717, 1.165) is 19.3 Å². The van der Waals surface area contributed by atoms with Gasteiger partial charge >= 0.3 is 11.9 Å². The van der Waals surface area contributed by atoms with Crippen LogP contribution in [0.1, 0.15) is 97.8 Å². The summed E-state index contributed by atoms with van der Waals surface area (Å²) in [5.41, 5.74) is 0. The normalized spacial score (nSPS) is 12.5. The second-order valence-electron chi connectivity index (χ2n) is 7.16. The van der Waals surface area contributed by atoms with Gasteiger partial charge in [0.1, 0.15) is 0 Å². The van der Waals surface area contributed by atoms with E-state index in [0.29, 0.717) is 12.8 Å². The van der Waals surface area contributed by atoms with Crippen LogP contribution in [0.3, 0.4) is 0 Å². The second-order valence-corrected chi connectivity index (χ2v) is 8.95. The molecule has 0 rings (SSSR count). The van der Waals surface area contributed by atoms with E-state index in [2.05, 4.69) is 6.92 Å². The van der Waals surface area contributed by atoms with Gasteiger partial charge in [-0.05, 0) is 19.8 Å². The molecular formula is C21H40O7S. The summed E-state index contributed by atoms with van der Waals surface area (Å²) in [6.45, 7) is 5.80. The zero-order valence-electron chi connectivity index (χ0n) is 18.4. The number of hydrogen-bond donors (Lipinski definition) is 0. The second kappa shape index (κ2) is 17.7. The van der Waals surface area contributed by atoms with Crippen molar-refractivity contribution in [2.75, 3.05) is 19.8 Å². The zero-order chi connectivity index (χ0) is 22.0. The molecule has 1 unspecified atom stereocenters. The number of carbonyl (C=O) groups is 2. The summed E-state index contributed by atoms with van der Waals surface area (Å²) in [6, 6.07) is 0. The largest absolute Gasteiger partial charge is 0.466 e. The van der Waals surface area contributed by atoms with Gasteiger partial charge in [-0.15, -0.1) is 0 Å². The average Bonchev–Trinajstić information content (AvgIpc) is 2.68. The number of rotatable bonds is 19. The Bertz CT molecular complexity index is 531. The van der Waals surface area contributed by atoms with Crippen LogP contribution in [0.5, 0.6) is 0 Å². The zero-order valence-corrected chi connectivity index (χ0v) is 19.3. The molecule has 7 nitrogen and oxygen atoms in total. The van der Waals surface area contributed by atoms with Crippen molar-refractivity contribution in [1.29, 1.82) is 0 Å². The molecule has 172 valence electrons. The Labute approximate surface area is 177 Å². The molecule has 0 aliphatic carbocycles. The van der Waals surface area contributed by atoms with Crippen molar-refractivity contribution in [3.8, 4) is 0 Å². The summed E-state index contributed by atoms with van der Waals surface area (Å²) in [7, 11) is -4.25. The third kappa shape index (κ3) is 14.5. The fraction of sp³-hybridized carbons (Fsp3) is 0.905. The van der Waals surface area contributed by atoms with Crippen LogP contribution in [0.15, 0.2) is 0 Å². The van der Waals surface area contributed by atoms with Gasteiger partial charge in [0, 0.05) is 0 Å². The maximum atomic E-state index is 12.4. The van der Waals surface area contributed by atoms with Crippen molar-refractivity contribution in [1.82, 2.24) is 0 Å². The maximum Gasteiger partial charge on any atom is 0.327 e. The van der Waals surface area contributed by atoms with Gasteiger partial charge in [-0.2, -0.15) is 8.42 Å². The van der Waals surface area contributed by atoms with Crippen molar-refractivity contribution < 1.29 is 31.7 Å². The van der Waals surface area contributed by atoms with Crippen LogP contribution in [0.4, 0.5) is 0 Å². The highest BCUT2D eigenvalue weighted by Gasteiger charge is 2.37. The van der Waals surface area contributed by atoms with Gasteiger partial charge in [0.05, 0.1) is 26.2 Å². The summed E-state index contributed by atoms with van der Waals surface area (Å²) in [6.07, 6.45) is 11.2. The molecule has 0 bridgehead atoms. The van der Waals surface area contributed by atoms with Gasteiger partial charge < -0.3 is 9.47 Å². The van der Waals surface area contributed by atoms with Crippen molar-refractivity contribution in [2.24, 2.45) is 0 Å². The molecule has 0 fully saturated rings. The third-order valence-corrected chi connectivity index (χ3v) is 6.01. The van der Waals surface area contributed by atoms with Gasteiger partial charge in [0.2, 0.25) is 0 Å². The molecular weight excluding hydrogens is 396 g/mol. The smallest absolute Gasteiger partial charge is 0.327 e. The predicted octanol–water partition coefficient (Wildman–Crippen LogP) is 4.53. The first kappa shape index (κ1) is 27.8. The van der Waals surface area contributed by atoms with Crippen LogP contribution in [-0.4, -0.2) is 45.4 Å². The fourth-order valence-electron chi connectivity index (χ4n) is 2.82. The molecule has 0 amide bonds. The van der Waals surface area contributed by atoms with Crippen molar-refractivity contribution in [2.45, 2.75) is 103 Å². The Hall–Kier alpha value is -1.15. The maximum absolute atomic E-state index is 12.4. The fourth-order valence-corrected chi connectivity index (χ4v) is 3.98. The van der Waals surface area contributed by atoms with Gasteiger partial charge in [0.25, 0.3) is 10.1 Å². The summed E-state index contributed by atoms with van der Waals surface area (Å²) in [4.78, 5) is 23.8. The van der Waals surface area contributed by atoms with Crippen LogP contribution >= 0.6 is 0 Å². The molecule has 0 aromatic carbocycles. The Balaban J connectivity index is 4.27. The number of unbranched alkanes of at least 4 members (excludes halogenated alkanes) is 9. The monoisotopic (exact) mass is 436 g/mol. The summed E-state index contributed by atoms with van der Waals surface area (Å²) < 4.78 is 39.5. The van der Waals surface area contributed by atoms with E-state index < -0.39 is 33.7 Å². The summed E-state index contributed by atoms with van der Waals surface area (Å²) in [5, 5.41) is -1.68. The van der Waals surface area contributed by atoms with Crippen LogP contribution < -0.4 is 0 Å². The minimum absolute atomic E-state index is 0.000777. The lowest BCUT2D eigenvalue weighted by molar-refractivity contribution is -0.149. The van der Waals surface area contributed by atoms with Gasteiger partial charge in [-0.1, -0.05) is 71.6 Å². The van der Waals surface area contributed by atoms with Crippen molar-refractivity contribution >= 4 is 22.1 Å². The Morgan fingerprint density at radius 3 is 1.79 bits per heavy atom. The molecule has 8 heteroatoms. The number of ether oxygens (including phenoxy) is 2. The number of esters is 2. The highest BCUT2D eigenvalue weighted by Crippen LogP contribution is 2.15. The Morgan fingerprint density at radius 1 is 0.724 bits per heavy atom. The molecule has 0 saturated carbocycles. The lowest BCUT2D eigenvalue weighted by Crippen LogP contribution is -2.36. The predicted molar refractivity (Wildman–Crippen MR) is 113 cm³/mol. The van der Waals surface area contributed by atoms with Crippen LogP contribution in [0, 0.1) is 0 Å². The van der Waals surface area contributed by atoms with Crippen LogP contribution in [0.2, 0.25) is 0 Å². The molecule has 0 N–H and O–H groups in total. The van der Waals surface area contributed by atoms with E-state index >= 15 is 0 Å². The minimum Gasteiger partial charge on any atom is -0.466 e. The quantitative estimate of drug-likeness (QED) is 0.167. The third-order valence-electron chi connectivity index (χ3n) is 4.46. The topological polar surface area (TPSA) is 96.0 Å². The number of carbonyl (C=O) groups excluding carboxylic acids is 2.